The molecule has 3 aromatic rings. The van der Waals surface area contributed by atoms with Gasteiger partial charge in [-0.3, -0.25) is 14.5 Å². The fourth-order valence-corrected chi connectivity index (χ4v) is 4.25. The number of benzene rings is 1. The van der Waals surface area contributed by atoms with Crippen LogP contribution in [0.25, 0.3) is 10.9 Å². The van der Waals surface area contributed by atoms with E-state index in [2.05, 4.69) is 9.88 Å². The van der Waals surface area contributed by atoms with Gasteiger partial charge in [-0.05, 0) is 38.8 Å². The van der Waals surface area contributed by atoms with Gasteiger partial charge in [-0.15, -0.1) is 11.3 Å². The van der Waals surface area contributed by atoms with Crippen LogP contribution in [-0.4, -0.2) is 46.6 Å². The van der Waals surface area contributed by atoms with Gasteiger partial charge in [0.05, 0.1) is 11.1 Å². The molecule has 0 aliphatic carbocycles. The monoisotopic (exact) mass is 443 g/mol. The Morgan fingerprint density at radius 2 is 2.00 bits per heavy atom. The van der Waals surface area contributed by atoms with Crippen molar-refractivity contribution in [3.05, 3.63) is 45.7 Å². The number of pyridine rings is 1. The van der Waals surface area contributed by atoms with Crippen LogP contribution < -0.4 is 25.8 Å². The molecule has 5 rings (SSSR count). The van der Waals surface area contributed by atoms with Crippen molar-refractivity contribution in [1.82, 2.24) is 9.66 Å². The highest BCUT2D eigenvalue weighted by Gasteiger charge is 2.36. The molecule has 1 aromatic carbocycles. The summed E-state index contributed by atoms with van der Waals surface area (Å²) in [6, 6.07) is 3.59. The number of nitrogen functional groups attached to an aromatic ring is 1. The van der Waals surface area contributed by atoms with Gasteiger partial charge in [0.25, 0.3) is 0 Å². The number of hydrogen-bond donors (Lipinski definition) is 2. The number of hydrogen-bond acceptors (Lipinski definition) is 8. The third-order valence-electron chi connectivity index (χ3n) is 5.66. The quantitative estimate of drug-likeness (QED) is 0.621. The number of aromatic nitrogens is 2. The van der Waals surface area contributed by atoms with Crippen molar-refractivity contribution in [2.45, 2.75) is 32.4 Å². The van der Waals surface area contributed by atoms with Crippen LogP contribution in [0.15, 0.2) is 34.7 Å². The van der Waals surface area contributed by atoms with E-state index in [0.29, 0.717) is 21.8 Å². The van der Waals surface area contributed by atoms with Crippen molar-refractivity contribution < 1.29 is 14.6 Å². The second kappa shape index (κ2) is 7.77. The molecule has 0 unspecified atom stereocenters. The maximum absolute atomic E-state index is 12.6. The van der Waals surface area contributed by atoms with Crippen molar-refractivity contribution in [1.29, 1.82) is 0 Å². The minimum Gasteiger partial charge on any atom is -0.477 e. The Balaban J connectivity index is 0.000000334. The molecule has 31 heavy (non-hydrogen) atoms. The molecule has 4 heterocycles. The smallest absolute Gasteiger partial charge is 0.341 e. The number of thiazole rings is 1. The fourth-order valence-electron chi connectivity index (χ4n) is 3.87. The van der Waals surface area contributed by atoms with Gasteiger partial charge >= 0.3 is 5.97 Å². The highest BCUT2D eigenvalue weighted by molar-refractivity contribution is 7.13. The van der Waals surface area contributed by atoms with E-state index in [4.69, 9.17) is 10.5 Å². The van der Waals surface area contributed by atoms with E-state index < -0.39 is 17.1 Å². The summed E-state index contributed by atoms with van der Waals surface area (Å²) in [5, 5.41) is 14.1. The lowest BCUT2D eigenvalue weighted by Gasteiger charge is -2.44. The minimum absolute atomic E-state index is 0.239. The van der Waals surface area contributed by atoms with Crippen LogP contribution in [0.3, 0.4) is 0 Å². The first kappa shape index (κ1) is 21.0. The molecule has 1 fully saturated rings. The molecule has 0 bridgehead atoms. The molecule has 164 valence electrons. The largest absolute Gasteiger partial charge is 0.477 e. The number of carboxylic acid groups (broad SMARTS) is 1. The average molecular weight is 444 g/mol. The number of carbonyl (C=O) groups is 1. The van der Waals surface area contributed by atoms with Crippen LogP contribution in [0.4, 0.5) is 10.8 Å². The maximum atomic E-state index is 12.6. The lowest BCUT2D eigenvalue weighted by atomic mass is 10.1. The molecule has 10 heteroatoms. The lowest BCUT2D eigenvalue weighted by molar-refractivity contribution is 0.0682. The number of anilines is 2. The highest BCUT2D eigenvalue weighted by atomic mass is 32.1. The molecule has 3 N–H and O–H groups in total. The standard InChI is InChI=1S/C18H21N3O4.C3H4N2S/c1-18(2)19(3)21-10-12(17(23)24)15(22)11-6-7-13(16(25-18)14(11)21)20-8-4-5-9-20;4-3-5-1-2-6-3/h6-7,10H,4-5,8-9H2,1-3H3,(H,23,24);1-2H,(H2,4,5). The van der Waals surface area contributed by atoms with Crippen molar-refractivity contribution >= 4 is 39.0 Å². The molecule has 0 radical (unpaired) electrons. The van der Waals surface area contributed by atoms with Crippen LogP contribution >= 0.6 is 11.3 Å². The molecule has 2 aromatic heterocycles. The van der Waals surface area contributed by atoms with Crippen molar-refractivity contribution in [2.75, 3.05) is 35.8 Å². The average Bonchev–Trinajstić information content (AvgIpc) is 3.41. The second-order valence-electron chi connectivity index (χ2n) is 7.97. The molecule has 0 atom stereocenters. The van der Waals surface area contributed by atoms with Crippen LogP contribution in [0.1, 0.15) is 37.0 Å². The molecule has 0 spiro atoms. The zero-order valence-corrected chi connectivity index (χ0v) is 18.5. The Morgan fingerprint density at radius 3 is 2.55 bits per heavy atom. The first-order valence-corrected chi connectivity index (χ1v) is 10.9. The minimum atomic E-state index is -1.22. The Kier molecular flexibility index (Phi) is 5.26. The van der Waals surface area contributed by atoms with Crippen LogP contribution in [0, 0.1) is 0 Å². The number of aromatic carboxylic acids is 1. The van der Waals surface area contributed by atoms with E-state index in [1.807, 2.05) is 37.4 Å². The Labute approximate surface area is 183 Å². The summed E-state index contributed by atoms with van der Waals surface area (Å²) < 4.78 is 8.01. The van der Waals surface area contributed by atoms with Crippen LogP contribution in [0.5, 0.6) is 5.75 Å². The normalized spacial score (nSPS) is 16.6. The van der Waals surface area contributed by atoms with Gasteiger partial charge in [-0.25, -0.2) is 9.78 Å². The summed E-state index contributed by atoms with van der Waals surface area (Å²) in [5.41, 5.74) is 5.37. The van der Waals surface area contributed by atoms with Gasteiger partial charge in [0.1, 0.15) is 11.1 Å². The number of carboxylic acids is 1. The molecule has 2 aliphatic heterocycles. The fraction of sp³-hybridized carbons (Fsp3) is 0.381. The van der Waals surface area contributed by atoms with E-state index in [0.717, 1.165) is 31.6 Å². The second-order valence-corrected chi connectivity index (χ2v) is 8.89. The number of ether oxygens (including phenoxy) is 1. The van der Waals surface area contributed by atoms with Gasteiger partial charge in [-0.2, -0.15) is 0 Å². The van der Waals surface area contributed by atoms with Gasteiger partial charge in [0.15, 0.2) is 16.6 Å². The van der Waals surface area contributed by atoms with Gasteiger partial charge in [0.2, 0.25) is 5.43 Å². The summed E-state index contributed by atoms with van der Waals surface area (Å²) in [7, 11) is 1.82. The summed E-state index contributed by atoms with van der Waals surface area (Å²) in [5.74, 6) is -0.574. The Hall–Kier alpha value is -3.27. The Morgan fingerprint density at radius 1 is 1.29 bits per heavy atom. The summed E-state index contributed by atoms with van der Waals surface area (Å²) in [6.45, 7) is 5.74. The third-order valence-corrected chi connectivity index (χ3v) is 6.27. The van der Waals surface area contributed by atoms with E-state index in [9.17, 15) is 14.7 Å². The van der Waals surface area contributed by atoms with Gasteiger partial charge in [0, 0.05) is 37.9 Å². The van der Waals surface area contributed by atoms with Crippen molar-refractivity contribution in [2.24, 2.45) is 0 Å². The van der Waals surface area contributed by atoms with Crippen molar-refractivity contribution in [3.8, 4) is 5.75 Å². The zero-order valence-electron chi connectivity index (χ0n) is 17.7. The molecular formula is C21H25N5O4S. The predicted octanol–water partition coefficient (Wildman–Crippen LogP) is 2.72. The van der Waals surface area contributed by atoms with Gasteiger partial charge in [-0.1, -0.05) is 0 Å². The maximum Gasteiger partial charge on any atom is 0.341 e. The van der Waals surface area contributed by atoms with Crippen molar-refractivity contribution in [3.63, 3.8) is 0 Å². The molecular weight excluding hydrogens is 418 g/mol. The first-order chi connectivity index (χ1) is 14.7. The Bertz CT molecular complexity index is 1180. The summed E-state index contributed by atoms with van der Waals surface area (Å²) in [4.78, 5) is 30.1. The van der Waals surface area contributed by atoms with Gasteiger partial charge < -0.3 is 20.5 Å². The molecule has 1 saturated heterocycles. The SMILES string of the molecule is CN1n2cc(C(=O)O)c(=O)c3ccc(N4CCCC4)c(c32)OC1(C)C.Nc1nccs1. The van der Waals surface area contributed by atoms with Crippen LogP contribution in [0.2, 0.25) is 0 Å². The summed E-state index contributed by atoms with van der Waals surface area (Å²) >= 11 is 1.44. The number of nitrogens with two attached hydrogens (primary N) is 1. The van der Waals surface area contributed by atoms with E-state index in [1.54, 1.807) is 16.9 Å². The number of nitrogens with zero attached hydrogens (tertiary/aromatic N) is 4. The van der Waals surface area contributed by atoms with Crippen LogP contribution in [-0.2, 0) is 0 Å². The molecule has 0 saturated carbocycles. The van der Waals surface area contributed by atoms with E-state index in [-0.39, 0.29) is 5.56 Å². The first-order valence-electron chi connectivity index (χ1n) is 9.99. The molecule has 9 nitrogen and oxygen atoms in total. The summed E-state index contributed by atoms with van der Waals surface area (Å²) in [6.07, 6.45) is 5.34. The van der Waals surface area contributed by atoms with E-state index in [1.165, 1.54) is 17.5 Å². The number of rotatable bonds is 2. The van der Waals surface area contributed by atoms with E-state index >= 15 is 0 Å². The lowest BCUT2D eigenvalue weighted by Crippen LogP contribution is -2.55. The molecule has 2 aliphatic rings. The molecule has 0 amide bonds. The third kappa shape index (κ3) is 3.67. The predicted molar refractivity (Wildman–Crippen MR) is 122 cm³/mol. The highest BCUT2D eigenvalue weighted by Crippen LogP contribution is 2.42. The topological polar surface area (TPSA) is 114 Å². The zero-order chi connectivity index (χ0) is 22.3.